The molecule has 1 amide bonds. The number of hydrogen-bond acceptors (Lipinski definition) is 5. The highest BCUT2D eigenvalue weighted by Gasteiger charge is 2.37. The van der Waals surface area contributed by atoms with Crippen LogP contribution in [0.5, 0.6) is 0 Å². The van der Waals surface area contributed by atoms with Crippen molar-refractivity contribution in [3.8, 4) is 6.07 Å². The molecular formula is C25H21BrFN3O2S. The SMILES string of the molecule is Cc1cc(NC(=O)CSC2=C(C#N)[C@@H](c3ccc(F)cc3)C3=C(CCCC3=O)N2)ccc1Br. The predicted molar refractivity (Wildman–Crippen MR) is 131 cm³/mol. The molecule has 1 aliphatic heterocycles. The van der Waals surface area contributed by atoms with Crippen molar-refractivity contribution >= 4 is 45.1 Å². The molecule has 0 bridgehead atoms. The highest BCUT2D eigenvalue weighted by atomic mass is 79.9. The second kappa shape index (κ2) is 9.94. The van der Waals surface area contributed by atoms with Crippen molar-refractivity contribution in [1.82, 2.24) is 5.32 Å². The number of aryl methyl sites for hydroxylation is 1. The third kappa shape index (κ3) is 5.05. The van der Waals surface area contributed by atoms with Gasteiger partial charge in [-0.3, -0.25) is 9.59 Å². The maximum absolute atomic E-state index is 13.5. The van der Waals surface area contributed by atoms with E-state index in [1.165, 1.54) is 23.9 Å². The molecule has 0 radical (unpaired) electrons. The number of nitrogens with zero attached hydrogens (tertiary/aromatic N) is 1. The number of amides is 1. The molecule has 4 rings (SSSR count). The molecule has 0 aromatic heterocycles. The van der Waals surface area contributed by atoms with Gasteiger partial charge in [0.25, 0.3) is 0 Å². The molecule has 5 nitrogen and oxygen atoms in total. The van der Waals surface area contributed by atoms with Crippen molar-refractivity contribution in [2.24, 2.45) is 0 Å². The van der Waals surface area contributed by atoms with Gasteiger partial charge in [0, 0.05) is 27.9 Å². The number of ketones is 1. The van der Waals surface area contributed by atoms with Gasteiger partial charge in [0.05, 0.1) is 28.3 Å². The molecule has 0 saturated carbocycles. The molecule has 2 aromatic rings. The fourth-order valence-electron chi connectivity index (χ4n) is 4.08. The Kier molecular flexibility index (Phi) is 7.01. The number of thioether (sulfide) groups is 1. The largest absolute Gasteiger partial charge is 0.352 e. The van der Waals surface area contributed by atoms with Crippen LogP contribution < -0.4 is 10.6 Å². The number of rotatable bonds is 5. The summed E-state index contributed by atoms with van der Waals surface area (Å²) in [4.78, 5) is 25.4. The molecule has 0 fully saturated rings. The molecule has 168 valence electrons. The molecule has 2 aliphatic rings. The van der Waals surface area contributed by atoms with Crippen LogP contribution in [0.25, 0.3) is 0 Å². The number of dihydropyridines is 1. The number of allylic oxidation sites excluding steroid dienone is 3. The van der Waals surface area contributed by atoms with Crippen LogP contribution in [-0.4, -0.2) is 17.4 Å². The molecule has 2 N–H and O–H groups in total. The van der Waals surface area contributed by atoms with Crippen LogP contribution in [0.3, 0.4) is 0 Å². The van der Waals surface area contributed by atoms with Gasteiger partial charge >= 0.3 is 0 Å². The Hall–Kier alpha value is -2.89. The van der Waals surface area contributed by atoms with Gasteiger partial charge in [-0.15, -0.1) is 0 Å². The minimum Gasteiger partial charge on any atom is -0.352 e. The van der Waals surface area contributed by atoms with Crippen LogP contribution in [0.2, 0.25) is 0 Å². The zero-order chi connectivity index (χ0) is 23.5. The topological polar surface area (TPSA) is 82.0 Å². The lowest BCUT2D eigenvalue weighted by atomic mass is 9.77. The fraction of sp³-hybridized carbons (Fsp3) is 0.240. The fourth-order valence-corrected chi connectivity index (χ4v) is 5.19. The van der Waals surface area contributed by atoms with Crippen molar-refractivity contribution < 1.29 is 14.0 Å². The van der Waals surface area contributed by atoms with Gasteiger partial charge in [-0.2, -0.15) is 5.26 Å². The Bertz CT molecular complexity index is 1230. The van der Waals surface area contributed by atoms with Gasteiger partial charge in [0.2, 0.25) is 5.91 Å². The highest BCUT2D eigenvalue weighted by Crippen LogP contribution is 2.44. The quantitative estimate of drug-likeness (QED) is 0.523. The molecule has 1 heterocycles. The summed E-state index contributed by atoms with van der Waals surface area (Å²) >= 11 is 4.67. The Morgan fingerprint density at radius 3 is 2.73 bits per heavy atom. The second-order valence-electron chi connectivity index (χ2n) is 7.93. The summed E-state index contributed by atoms with van der Waals surface area (Å²) in [5.41, 5.74) is 4.11. The van der Waals surface area contributed by atoms with E-state index in [1.807, 2.05) is 25.1 Å². The first-order valence-corrected chi connectivity index (χ1v) is 12.3. The Morgan fingerprint density at radius 1 is 1.27 bits per heavy atom. The van der Waals surface area contributed by atoms with Crippen LogP contribution in [0, 0.1) is 24.1 Å². The highest BCUT2D eigenvalue weighted by molar-refractivity contribution is 9.10. The third-order valence-corrected chi connectivity index (χ3v) is 7.56. The van der Waals surface area contributed by atoms with Crippen molar-refractivity contribution in [3.05, 3.63) is 85.8 Å². The first kappa shape index (κ1) is 23.3. The van der Waals surface area contributed by atoms with Gasteiger partial charge in [0.1, 0.15) is 5.82 Å². The van der Waals surface area contributed by atoms with Gasteiger partial charge in [0.15, 0.2) is 5.78 Å². The molecule has 0 saturated heterocycles. The summed E-state index contributed by atoms with van der Waals surface area (Å²) in [6, 6.07) is 13.7. The number of benzene rings is 2. The summed E-state index contributed by atoms with van der Waals surface area (Å²) in [6.07, 6.45) is 1.84. The minimum absolute atomic E-state index is 0.00164. The number of carbonyl (C=O) groups excluding carboxylic acids is 2. The van der Waals surface area contributed by atoms with E-state index in [0.29, 0.717) is 40.3 Å². The van der Waals surface area contributed by atoms with Crippen molar-refractivity contribution in [2.45, 2.75) is 32.1 Å². The Labute approximate surface area is 204 Å². The van der Waals surface area contributed by atoms with Crippen LogP contribution in [0.15, 0.2) is 68.8 Å². The molecule has 0 spiro atoms. The summed E-state index contributed by atoms with van der Waals surface area (Å²) in [5.74, 6) is -1.06. The Balaban J connectivity index is 1.59. The number of halogens is 2. The van der Waals surface area contributed by atoms with Crippen molar-refractivity contribution in [3.63, 3.8) is 0 Å². The summed E-state index contributed by atoms with van der Waals surface area (Å²) in [7, 11) is 0. The zero-order valence-electron chi connectivity index (χ0n) is 17.9. The third-order valence-electron chi connectivity index (χ3n) is 5.66. The normalized spacial score (nSPS) is 17.9. The molecule has 1 atom stereocenters. The van der Waals surface area contributed by atoms with Crippen molar-refractivity contribution in [2.75, 3.05) is 11.1 Å². The van der Waals surface area contributed by atoms with Crippen LogP contribution in [-0.2, 0) is 9.59 Å². The van der Waals surface area contributed by atoms with E-state index in [2.05, 4.69) is 32.6 Å². The standard InChI is InChI=1S/C25H21BrFN3O2S/c1-14-11-17(9-10-19(14)26)29-22(32)13-33-25-18(12-28)23(15-5-7-16(27)8-6-15)24-20(30-25)3-2-4-21(24)31/h5-11,23,30H,2-4,13H2,1H3,(H,29,32)/t23-/m1/s1. The monoisotopic (exact) mass is 525 g/mol. The number of hydrogen-bond donors (Lipinski definition) is 2. The van der Waals surface area contributed by atoms with Gasteiger partial charge in [-0.25, -0.2) is 4.39 Å². The zero-order valence-corrected chi connectivity index (χ0v) is 20.3. The number of nitriles is 1. The summed E-state index contributed by atoms with van der Waals surface area (Å²) in [6.45, 7) is 1.94. The van der Waals surface area contributed by atoms with E-state index >= 15 is 0 Å². The first-order chi connectivity index (χ1) is 15.9. The minimum atomic E-state index is -0.570. The first-order valence-electron chi connectivity index (χ1n) is 10.5. The van der Waals surface area contributed by atoms with E-state index in [4.69, 9.17) is 0 Å². The Morgan fingerprint density at radius 2 is 2.03 bits per heavy atom. The van der Waals surface area contributed by atoms with Crippen molar-refractivity contribution in [1.29, 1.82) is 5.26 Å². The van der Waals surface area contributed by atoms with E-state index in [9.17, 15) is 19.2 Å². The van der Waals surface area contributed by atoms with Crippen LogP contribution in [0.4, 0.5) is 10.1 Å². The maximum atomic E-state index is 13.5. The molecule has 33 heavy (non-hydrogen) atoms. The van der Waals surface area contributed by atoms with E-state index in [1.54, 1.807) is 12.1 Å². The average molecular weight is 526 g/mol. The average Bonchev–Trinajstić information content (AvgIpc) is 2.80. The lowest BCUT2D eigenvalue weighted by Gasteiger charge is -2.33. The smallest absolute Gasteiger partial charge is 0.234 e. The molecule has 2 aromatic carbocycles. The molecule has 1 aliphatic carbocycles. The summed E-state index contributed by atoms with van der Waals surface area (Å²) in [5, 5.41) is 16.7. The predicted octanol–water partition coefficient (Wildman–Crippen LogP) is 5.70. The summed E-state index contributed by atoms with van der Waals surface area (Å²) < 4.78 is 14.5. The molecule has 8 heteroatoms. The molecular weight excluding hydrogens is 505 g/mol. The van der Waals surface area contributed by atoms with Gasteiger partial charge < -0.3 is 10.6 Å². The van der Waals surface area contributed by atoms with Crippen LogP contribution >= 0.6 is 27.7 Å². The maximum Gasteiger partial charge on any atom is 0.234 e. The second-order valence-corrected chi connectivity index (χ2v) is 9.77. The lowest BCUT2D eigenvalue weighted by molar-refractivity contribution is -0.116. The van der Waals surface area contributed by atoms with E-state index in [0.717, 1.165) is 22.2 Å². The number of carbonyl (C=O) groups is 2. The van der Waals surface area contributed by atoms with Gasteiger partial charge in [-0.1, -0.05) is 39.8 Å². The number of nitrogens with one attached hydrogen (secondary N) is 2. The number of anilines is 1. The van der Waals surface area contributed by atoms with E-state index < -0.39 is 5.92 Å². The molecule has 0 unspecified atom stereocenters. The lowest BCUT2D eigenvalue weighted by Crippen LogP contribution is -2.31. The van der Waals surface area contributed by atoms with Crippen LogP contribution in [0.1, 0.15) is 36.3 Å². The van der Waals surface area contributed by atoms with Gasteiger partial charge in [-0.05, 0) is 61.2 Å². The van der Waals surface area contributed by atoms with E-state index in [-0.39, 0.29) is 23.3 Å². The number of Topliss-reactive ketones (excluding diaryl/α,β-unsaturated/α-hetero) is 1.